The van der Waals surface area contributed by atoms with Crippen LogP contribution in [-0.4, -0.2) is 18.4 Å². The molecular weight excluding hydrogens is 86.0 g/mol. The first kappa shape index (κ1) is 4.01. The molecule has 4 heteroatoms. The minimum Gasteiger partial charge on any atom is -0.760 e. The van der Waals surface area contributed by atoms with Crippen LogP contribution in [0.15, 0.2) is 0 Å². The molecule has 1 saturated heterocycles. The van der Waals surface area contributed by atoms with Gasteiger partial charge in [0.1, 0.15) is 0 Å². The fourth-order valence-electron chi connectivity index (χ4n) is 0.245. The second-order valence-corrected chi connectivity index (χ2v) is 0.953. The lowest BCUT2D eigenvalue weighted by Crippen LogP contribution is -2.06. The Morgan fingerprint density at radius 2 is 2.50 bits per heavy atom. The highest BCUT2D eigenvalue weighted by atomic mass is 17.3. The van der Waals surface area contributed by atoms with Gasteiger partial charge in [0.15, 0.2) is 0 Å². The average molecular weight is 90.1 g/mol. The summed E-state index contributed by atoms with van der Waals surface area (Å²) >= 11 is 0. The molecule has 0 aromatic heterocycles. The third-order valence-electron chi connectivity index (χ3n) is 0.493. The second kappa shape index (κ2) is 1.53. The van der Waals surface area contributed by atoms with Gasteiger partial charge in [-0.3, -0.25) is 0 Å². The van der Waals surface area contributed by atoms with Gasteiger partial charge in [-0.05, 0) is 0 Å². The Balaban J connectivity index is 2.18. The van der Waals surface area contributed by atoms with Crippen molar-refractivity contribution in [3.8, 4) is 0 Å². The van der Waals surface area contributed by atoms with E-state index in [1.165, 1.54) is 0 Å². The Bertz CT molecular complexity index is 42.1. The van der Waals surface area contributed by atoms with Gasteiger partial charge in [0.05, 0.1) is 6.61 Å². The molecule has 0 aliphatic carbocycles. The van der Waals surface area contributed by atoms with E-state index in [0.29, 0.717) is 18.4 Å². The summed E-state index contributed by atoms with van der Waals surface area (Å²) < 4.78 is 0. The van der Waals surface area contributed by atoms with E-state index in [4.69, 9.17) is 0 Å². The summed E-state index contributed by atoms with van der Waals surface area (Å²) in [5.41, 5.74) is 0. The van der Waals surface area contributed by atoms with E-state index in [2.05, 4.69) is 9.88 Å². The van der Waals surface area contributed by atoms with E-state index >= 15 is 0 Å². The molecule has 0 spiro atoms. The van der Waals surface area contributed by atoms with Crippen LogP contribution in [0.5, 0.6) is 0 Å². The lowest BCUT2D eigenvalue weighted by atomic mass is 10.7. The van der Waals surface area contributed by atoms with Crippen molar-refractivity contribution in [3.63, 3.8) is 0 Å². The summed E-state index contributed by atoms with van der Waals surface area (Å²) in [5, 5.41) is 10.2. The Morgan fingerprint density at radius 1 is 1.67 bits per heavy atom. The zero-order valence-electron chi connectivity index (χ0n) is 3.09. The van der Waals surface area contributed by atoms with Crippen molar-refractivity contribution in [1.82, 2.24) is 5.23 Å². The van der Waals surface area contributed by atoms with E-state index in [0.717, 1.165) is 0 Å². The molecule has 1 aliphatic heterocycles. The fourth-order valence-corrected chi connectivity index (χ4v) is 0.245. The molecule has 0 unspecified atom stereocenters. The van der Waals surface area contributed by atoms with Crippen molar-refractivity contribution in [2.24, 2.45) is 0 Å². The van der Waals surface area contributed by atoms with Crippen molar-refractivity contribution in [1.29, 1.82) is 0 Å². The molecule has 36 valence electrons. The van der Waals surface area contributed by atoms with E-state index in [1.54, 1.807) is 0 Å². The second-order valence-electron chi connectivity index (χ2n) is 0.953. The quantitative estimate of drug-likeness (QED) is 0.382. The molecule has 0 amide bonds. The first-order valence-electron chi connectivity index (χ1n) is 1.64. The van der Waals surface area contributed by atoms with Crippen LogP contribution >= 0.6 is 0 Å². The summed E-state index contributed by atoms with van der Waals surface area (Å²) in [5.74, 6) is 0. The number of hydrogen-bond acceptors (Lipinski definition) is 4. The predicted octanol–water partition coefficient (Wildman–Crippen LogP) is -0.337. The smallest absolute Gasteiger partial charge is 0.0982 e. The zero-order chi connectivity index (χ0) is 4.41. The molecule has 4 nitrogen and oxygen atoms in total. The molecule has 0 bridgehead atoms. The van der Waals surface area contributed by atoms with Crippen LogP contribution in [0, 0.1) is 5.21 Å². The number of nitrogens with zero attached hydrogens (tertiary/aromatic N) is 1. The highest BCUT2D eigenvalue weighted by molar-refractivity contribution is 4.41. The SMILES string of the molecule is [O-]N1CCOO1. The molecule has 0 aromatic carbocycles. The maximum Gasteiger partial charge on any atom is 0.0982 e. The highest BCUT2D eigenvalue weighted by Gasteiger charge is 1.99. The minimum absolute atomic E-state index is 0.319. The first-order chi connectivity index (χ1) is 2.89. The molecule has 0 atom stereocenters. The maximum atomic E-state index is 9.81. The largest absolute Gasteiger partial charge is 0.760 e. The third kappa shape index (κ3) is 0.662. The molecule has 1 fully saturated rings. The first-order valence-corrected chi connectivity index (χ1v) is 1.64. The molecule has 0 saturated carbocycles. The maximum absolute atomic E-state index is 9.81. The van der Waals surface area contributed by atoms with E-state index in [-0.39, 0.29) is 0 Å². The summed E-state index contributed by atoms with van der Waals surface area (Å²) in [6, 6.07) is 0. The summed E-state index contributed by atoms with van der Waals surface area (Å²) in [7, 11) is 0. The molecule has 0 N–H and O–H groups in total. The van der Waals surface area contributed by atoms with E-state index < -0.39 is 0 Å². The highest BCUT2D eigenvalue weighted by Crippen LogP contribution is 1.95. The molecule has 1 heterocycles. The molecule has 6 heavy (non-hydrogen) atoms. The van der Waals surface area contributed by atoms with Gasteiger partial charge >= 0.3 is 0 Å². The van der Waals surface area contributed by atoms with Crippen LogP contribution in [0.4, 0.5) is 0 Å². The molecular formula is C2H4NO3-. The van der Waals surface area contributed by atoms with Crippen molar-refractivity contribution in [2.45, 2.75) is 0 Å². The molecule has 0 radical (unpaired) electrons. The summed E-state index contributed by atoms with van der Waals surface area (Å²) in [4.78, 5) is 8.10. The minimum atomic E-state index is 0.319. The van der Waals surface area contributed by atoms with Crippen molar-refractivity contribution in [3.05, 3.63) is 5.21 Å². The predicted molar refractivity (Wildman–Crippen MR) is 17.1 cm³/mol. The Morgan fingerprint density at radius 3 is 2.67 bits per heavy atom. The molecule has 1 rings (SSSR count). The van der Waals surface area contributed by atoms with Gasteiger partial charge in [0, 0.05) is 6.54 Å². The lowest BCUT2D eigenvalue weighted by Gasteiger charge is -2.12. The topological polar surface area (TPSA) is 44.8 Å². The van der Waals surface area contributed by atoms with Gasteiger partial charge in [-0.2, -0.15) is 4.99 Å². The van der Waals surface area contributed by atoms with Crippen molar-refractivity contribution < 1.29 is 9.88 Å². The Labute approximate surface area is 34.7 Å². The standard InChI is InChI=1S/C2H4NO3/c4-3-1-2-5-6-3/h1-2H2/q-1. The van der Waals surface area contributed by atoms with Crippen LogP contribution in [0.25, 0.3) is 0 Å². The van der Waals surface area contributed by atoms with Crippen molar-refractivity contribution >= 4 is 0 Å². The van der Waals surface area contributed by atoms with Gasteiger partial charge in [0.25, 0.3) is 0 Å². The van der Waals surface area contributed by atoms with Gasteiger partial charge < -0.3 is 5.21 Å². The number of hydrogen-bond donors (Lipinski definition) is 0. The van der Waals surface area contributed by atoms with Gasteiger partial charge in [-0.25, -0.2) is 10.1 Å². The number of hydroxylamine groups is 2. The van der Waals surface area contributed by atoms with Gasteiger partial charge in [-0.1, -0.05) is 0 Å². The normalized spacial score (nSPS) is 25.5. The molecule has 1 aliphatic rings. The average Bonchev–Trinajstić information content (AvgIpc) is 1.86. The van der Waals surface area contributed by atoms with E-state index in [9.17, 15) is 5.21 Å². The monoisotopic (exact) mass is 90.0 g/mol. The van der Waals surface area contributed by atoms with Crippen LogP contribution in [0.1, 0.15) is 0 Å². The van der Waals surface area contributed by atoms with Crippen LogP contribution in [0.3, 0.4) is 0 Å². The third-order valence-corrected chi connectivity index (χ3v) is 0.493. The van der Waals surface area contributed by atoms with Gasteiger partial charge in [0.2, 0.25) is 0 Å². The summed E-state index contributed by atoms with van der Waals surface area (Å²) in [6.45, 7) is 0.698. The lowest BCUT2D eigenvalue weighted by molar-refractivity contribution is -0.354. The van der Waals surface area contributed by atoms with Crippen LogP contribution < -0.4 is 0 Å². The van der Waals surface area contributed by atoms with Gasteiger partial charge in [-0.15, -0.1) is 0 Å². The Hall–Kier alpha value is -0.160. The van der Waals surface area contributed by atoms with E-state index in [1.807, 2.05) is 0 Å². The number of rotatable bonds is 0. The molecule has 0 aromatic rings. The Kier molecular flexibility index (Phi) is 1.02. The zero-order valence-corrected chi connectivity index (χ0v) is 3.09. The van der Waals surface area contributed by atoms with Crippen LogP contribution in [-0.2, 0) is 9.88 Å². The van der Waals surface area contributed by atoms with Crippen molar-refractivity contribution in [2.75, 3.05) is 13.2 Å². The van der Waals surface area contributed by atoms with Crippen LogP contribution in [0.2, 0.25) is 0 Å². The fraction of sp³-hybridized carbons (Fsp3) is 1.00. The summed E-state index contributed by atoms with van der Waals surface area (Å²) in [6.07, 6.45) is 0.